The highest BCUT2D eigenvalue weighted by molar-refractivity contribution is 6.32. The molecule has 2 aromatic carbocycles. The number of hydrogen-bond donors (Lipinski definition) is 0. The number of rotatable bonds is 4. The molecule has 6 nitrogen and oxygen atoms in total. The van der Waals surface area contributed by atoms with Crippen LogP contribution in [0.15, 0.2) is 59.5 Å². The summed E-state index contributed by atoms with van der Waals surface area (Å²) in [6, 6.07) is 15.4. The van der Waals surface area contributed by atoms with Gasteiger partial charge in [0.25, 0.3) is 0 Å². The average Bonchev–Trinajstić information content (AvgIpc) is 3.13. The van der Waals surface area contributed by atoms with Crippen molar-refractivity contribution in [2.75, 3.05) is 12.1 Å². The van der Waals surface area contributed by atoms with Gasteiger partial charge in [0.15, 0.2) is 5.43 Å². The second-order valence-corrected chi connectivity index (χ2v) is 9.54. The van der Waals surface area contributed by atoms with E-state index >= 15 is 0 Å². The lowest BCUT2D eigenvalue weighted by molar-refractivity contribution is 0.0598. The summed E-state index contributed by atoms with van der Waals surface area (Å²) in [4.78, 5) is 25.0. The third-order valence-corrected chi connectivity index (χ3v) is 6.89. The number of methoxy groups -OCH3 is 1. The summed E-state index contributed by atoms with van der Waals surface area (Å²) in [7, 11) is 1.28. The van der Waals surface area contributed by atoms with Crippen molar-refractivity contribution in [3.8, 4) is 17.0 Å². The smallest absolute Gasteiger partial charge is 0.343 e. The molecule has 2 aliphatic rings. The molecular weight excluding hydrogens is 440 g/mol. The molecule has 0 radical (unpaired) electrons. The minimum Gasteiger partial charge on any atom is -0.487 e. The second-order valence-electron chi connectivity index (χ2n) is 9.13. The Morgan fingerprint density at radius 2 is 1.94 bits per heavy atom. The summed E-state index contributed by atoms with van der Waals surface area (Å²) in [5.41, 5.74) is 3.16. The summed E-state index contributed by atoms with van der Waals surface area (Å²) in [6.07, 6.45) is 3.48. The number of pyridine rings is 1. The molecule has 33 heavy (non-hydrogen) atoms. The molecule has 3 heterocycles. The second kappa shape index (κ2) is 7.96. The van der Waals surface area contributed by atoms with Crippen molar-refractivity contribution in [1.29, 1.82) is 0 Å². The number of ether oxygens (including phenoxy) is 2. The lowest BCUT2D eigenvalue weighted by Gasteiger charge is -2.44. The molecule has 0 saturated carbocycles. The van der Waals surface area contributed by atoms with Crippen molar-refractivity contribution in [2.24, 2.45) is 0 Å². The van der Waals surface area contributed by atoms with Crippen molar-refractivity contribution in [2.45, 2.75) is 44.9 Å². The van der Waals surface area contributed by atoms with Crippen molar-refractivity contribution < 1.29 is 14.3 Å². The fourth-order valence-electron chi connectivity index (χ4n) is 4.96. The van der Waals surface area contributed by atoms with E-state index in [1.165, 1.54) is 13.2 Å². The van der Waals surface area contributed by atoms with Crippen LogP contribution in [0.3, 0.4) is 0 Å². The van der Waals surface area contributed by atoms with Crippen LogP contribution in [-0.4, -0.2) is 23.3 Å². The maximum atomic E-state index is 12.8. The van der Waals surface area contributed by atoms with E-state index in [9.17, 15) is 9.59 Å². The van der Waals surface area contributed by atoms with E-state index in [1.807, 2.05) is 47.1 Å². The van der Waals surface area contributed by atoms with Gasteiger partial charge in [0.2, 0.25) is 0 Å². The molecule has 7 heteroatoms. The van der Waals surface area contributed by atoms with Gasteiger partial charge < -0.3 is 9.47 Å². The molecule has 1 fully saturated rings. The van der Waals surface area contributed by atoms with E-state index in [1.54, 1.807) is 6.20 Å². The molecule has 0 N–H and O–H groups in total. The highest BCUT2D eigenvalue weighted by Crippen LogP contribution is 2.49. The standard InChI is InChI=1S/C26H25ClN2O4/c1-26(2)10-9-21-18-12-24(33-15-16-7-5-4-6-8-16)20(27)11-17(18)22-13-23(30)19(25(31)32-3)14-28(22)29(21)26/h4-8,11-14,21H,9-10,15H2,1-3H3/t21-/m1/s1. The highest BCUT2D eigenvalue weighted by Gasteiger charge is 2.45. The first-order valence-corrected chi connectivity index (χ1v) is 11.3. The Bertz CT molecular complexity index is 1300. The molecule has 170 valence electrons. The molecule has 2 aliphatic heterocycles. The van der Waals surface area contributed by atoms with E-state index in [-0.39, 0.29) is 22.6 Å². The summed E-state index contributed by atoms with van der Waals surface area (Å²) >= 11 is 6.64. The fourth-order valence-corrected chi connectivity index (χ4v) is 5.17. The average molecular weight is 465 g/mol. The van der Waals surface area contributed by atoms with Crippen LogP contribution in [0, 0.1) is 0 Å². The van der Waals surface area contributed by atoms with Gasteiger partial charge in [-0.05, 0) is 49.9 Å². The predicted molar refractivity (Wildman–Crippen MR) is 128 cm³/mol. The van der Waals surface area contributed by atoms with Gasteiger partial charge in [-0.15, -0.1) is 0 Å². The maximum Gasteiger partial charge on any atom is 0.343 e. The molecule has 1 atom stereocenters. The number of halogens is 1. The normalized spacial score (nSPS) is 17.7. The molecule has 0 bridgehead atoms. The first kappa shape index (κ1) is 21.6. The van der Waals surface area contributed by atoms with Crippen molar-refractivity contribution in [3.05, 3.63) is 86.7 Å². The number of aromatic nitrogens is 1. The van der Waals surface area contributed by atoms with E-state index in [0.29, 0.717) is 23.1 Å². The van der Waals surface area contributed by atoms with Gasteiger partial charge in [-0.1, -0.05) is 41.9 Å². The summed E-state index contributed by atoms with van der Waals surface area (Å²) in [5.74, 6) is -0.0248. The van der Waals surface area contributed by atoms with Gasteiger partial charge in [-0.3, -0.25) is 14.5 Å². The van der Waals surface area contributed by atoms with Crippen LogP contribution in [0.1, 0.15) is 54.2 Å². The SMILES string of the molecule is COC(=O)c1cn2c(cc1=O)-c1cc(Cl)c(OCc3ccccc3)cc1[C@H]1CCC(C)(C)N12. The topological polar surface area (TPSA) is 60.8 Å². The number of fused-ring (bicyclic) bond motifs is 6. The number of nitrogens with zero attached hydrogens (tertiary/aromatic N) is 2. The Labute approximate surface area is 197 Å². The van der Waals surface area contributed by atoms with Gasteiger partial charge in [-0.25, -0.2) is 4.79 Å². The largest absolute Gasteiger partial charge is 0.487 e. The predicted octanol–water partition coefficient (Wildman–Crippen LogP) is 5.10. The van der Waals surface area contributed by atoms with Crippen LogP contribution in [0.5, 0.6) is 5.75 Å². The van der Waals surface area contributed by atoms with Crippen LogP contribution in [0.2, 0.25) is 5.02 Å². The first-order chi connectivity index (χ1) is 15.8. The van der Waals surface area contributed by atoms with Gasteiger partial charge in [0.1, 0.15) is 17.9 Å². The Morgan fingerprint density at radius 1 is 1.18 bits per heavy atom. The Balaban J connectivity index is 1.64. The lowest BCUT2D eigenvalue weighted by atomic mass is 9.94. The van der Waals surface area contributed by atoms with Gasteiger partial charge in [0.05, 0.1) is 29.4 Å². The van der Waals surface area contributed by atoms with Crippen LogP contribution in [0.4, 0.5) is 0 Å². The van der Waals surface area contributed by atoms with Gasteiger partial charge >= 0.3 is 5.97 Å². The third kappa shape index (κ3) is 3.59. The van der Waals surface area contributed by atoms with E-state index in [2.05, 4.69) is 18.9 Å². The number of hydrogen-bond acceptors (Lipinski definition) is 5. The Hall–Kier alpha value is -3.25. The Kier molecular flexibility index (Phi) is 5.20. The third-order valence-electron chi connectivity index (χ3n) is 6.59. The monoisotopic (exact) mass is 464 g/mol. The molecule has 0 spiro atoms. The van der Waals surface area contributed by atoms with Crippen LogP contribution >= 0.6 is 11.6 Å². The summed E-state index contributed by atoms with van der Waals surface area (Å²) in [5, 5.41) is 2.72. The first-order valence-electron chi connectivity index (χ1n) is 11.0. The molecule has 3 aromatic rings. The van der Waals surface area contributed by atoms with Crippen LogP contribution in [0.25, 0.3) is 11.3 Å². The fraction of sp³-hybridized carbons (Fsp3) is 0.308. The molecule has 5 rings (SSSR count). The summed E-state index contributed by atoms with van der Waals surface area (Å²) < 4.78 is 12.8. The minimum atomic E-state index is -0.641. The van der Waals surface area contributed by atoms with Crippen molar-refractivity contribution >= 4 is 17.6 Å². The zero-order chi connectivity index (χ0) is 23.3. The van der Waals surface area contributed by atoms with Crippen molar-refractivity contribution in [3.63, 3.8) is 0 Å². The molecule has 1 saturated heterocycles. The Morgan fingerprint density at radius 3 is 2.67 bits per heavy atom. The summed E-state index contributed by atoms with van der Waals surface area (Å²) in [6.45, 7) is 4.75. The van der Waals surface area contributed by atoms with Gasteiger partial charge in [-0.2, -0.15) is 0 Å². The number of benzene rings is 2. The maximum absolute atomic E-state index is 12.8. The minimum absolute atomic E-state index is 0.0139. The zero-order valence-electron chi connectivity index (χ0n) is 18.8. The van der Waals surface area contributed by atoms with E-state index < -0.39 is 5.97 Å². The van der Waals surface area contributed by atoms with E-state index in [4.69, 9.17) is 21.1 Å². The van der Waals surface area contributed by atoms with Crippen LogP contribution < -0.4 is 15.2 Å². The molecule has 0 amide bonds. The molecule has 0 aliphatic carbocycles. The van der Waals surface area contributed by atoms with Gasteiger partial charge in [0, 0.05) is 17.8 Å². The molecular formula is C26H25ClN2O4. The number of carbonyl (C=O) groups excluding carboxylic acids is 1. The lowest BCUT2D eigenvalue weighted by Crippen LogP contribution is -2.50. The number of carbonyl (C=O) groups is 1. The van der Waals surface area contributed by atoms with Crippen LogP contribution in [-0.2, 0) is 11.3 Å². The zero-order valence-corrected chi connectivity index (χ0v) is 19.6. The van der Waals surface area contributed by atoms with Crippen molar-refractivity contribution in [1.82, 2.24) is 4.68 Å². The highest BCUT2D eigenvalue weighted by atomic mass is 35.5. The molecule has 1 aromatic heterocycles. The number of esters is 1. The quantitative estimate of drug-likeness (QED) is 0.503. The van der Waals surface area contributed by atoms with E-state index in [0.717, 1.165) is 29.5 Å². The molecule has 0 unspecified atom stereocenters.